The topological polar surface area (TPSA) is 102 Å². The van der Waals surface area contributed by atoms with Crippen LogP contribution in [0.2, 0.25) is 0 Å². The number of non-ortho nitro benzene ring substituents is 1. The molecule has 0 unspecified atom stereocenters. The zero-order valence-electron chi connectivity index (χ0n) is 15.8. The Hall–Kier alpha value is -2.48. The second kappa shape index (κ2) is 10.5. The van der Waals surface area contributed by atoms with E-state index in [9.17, 15) is 19.7 Å². The van der Waals surface area contributed by atoms with Crippen LogP contribution in [0, 0.1) is 23.0 Å². The number of carbonyl (C=O) groups is 2. The second-order valence-electron chi connectivity index (χ2n) is 6.58. The SMILES string of the molecule is COC(=O)CCN(CCC(=O)Nc1cc([N+](=O)[O-])ccc1C)CC(C)C. The number of nitro groups is 1. The molecule has 0 aromatic heterocycles. The molecule has 26 heavy (non-hydrogen) atoms. The van der Waals surface area contributed by atoms with Gasteiger partial charge in [-0.15, -0.1) is 0 Å². The molecule has 0 bridgehead atoms. The lowest BCUT2D eigenvalue weighted by atomic mass is 10.1. The third-order valence-electron chi connectivity index (χ3n) is 3.84. The Morgan fingerprint density at radius 2 is 1.92 bits per heavy atom. The predicted molar refractivity (Wildman–Crippen MR) is 99.0 cm³/mol. The third kappa shape index (κ3) is 7.60. The van der Waals surface area contributed by atoms with Gasteiger partial charge in [0.15, 0.2) is 0 Å². The van der Waals surface area contributed by atoms with Gasteiger partial charge in [-0.1, -0.05) is 19.9 Å². The highest BCUT2D eigenvalue weighted by atomic mass is 16.6. The lowest BCUT2D eigenvalue weighted by molar-refractivity contribution is -0.384. The fourth-order valence-electron chi connectivity index (χ4n) is 2.49. The molecule has 0 spiro atoms. The first-order valence-corrected chi connectivity index (χ1v) is 8.57. The highest BCUT2D eigenvalue weighted by molar-refractivity contribution is 5.92. The number of esters is 1. The van der Waals surface area contributed by atoms with Gasteiger partial charge in [0, 0.05) is 38.2 Å². The van der Waals surface area contributed by atoms with Crippen molar-refractivity contribution in [2.24, 2.45) is 5.92 Å². The summed E-state index contributed by atoms with van der Waals surface area (Å²) in [5, 5.41) is 13.6. The molecule has 0 aliphatic carbocycles. The zero-order chi connectivity index (χ0) is 19.7. The minimum absolute atomic E-state index is 0.0644. The van der Waals surface area contributed by atoms with Crippen molar-refractivity contribution in [3.8, 4) is 0 Å². The number of nitro benzene ring substituents is 1. The van der Waals surface area contributed by atoms with Crippen LogP contribution in [0.25, 0.3) is 0 Å². The number of aryl methyl sites for hydroxylation is 1. The summed E-state index contributed by atoms with van der Waals surface area (Å²) in [6.07, 6.45) is 0.505. The number of rotatable bonds is 10. The number of anilines is 1. The molecule has 0 radical (unpaired) electrons. The van der Waals surface area contributed by atoms with E-state index >= 15 is 0 Å². The smallest absolute Gasteiger partial charge is 0.306 e. The Kier molecular flexibility index (Phi) is 8.71. The van der Waals surface area contributed by atoms with Gasteiger partial charge in [0.05, 0.1) is 24.1 Å². The van der Waals surface area contributed by atoms with Crippen molar-refractivity contribution in [3.63, 3.8) is 0 Å². The zero-order valence-corrected chi connectivity index (χ0v) is 15.8. The molecular weight excluding hydrogens is 338 g/mol. The monoisotopic (exact) mass is 365 g/mol. The molecule has 0 saturated carbocycles. The average molecular weight is 365 g/mol. The van der Waals surface area contributed by atoms with Crippen molar-refractivity contribution in [1.29, 1.82) is 0 Å². The Bertz CT molecular complexity index is 646. The van der Waals surface area contributed by atoms with Crippen LogP contribution < -0.4 is 5.32 Å². The number of ether oxygens (including phenoxy) is 1. The summed E-state index contributed by atoms with van der Waals surface area (Å²) < 4.78 is 4.65. The Labute approximate surface area is 153 Å². The molecule has 1 rings (SSSR count). The number of nitrogens with one attached hydrogen (secondary N) is 1. The third-order valence-corrected chi connectivity index (χ3v) is 3.84. The van der Waals surface area contributed by atoms with Crippen molar-refractivity contribution in [3.05, 3.63) is 33.9 Å². The van der Waals surface area contributed by atoms with Crippen LogP contribution in [0.3, 0.4) is 0 Å². The van der Waals surface area contributed by atoms with Gasteiger partial charge in [-0.3, -0.25) is 19.7 Å². The summed E-state index contributed by atoms with van der Waals surface area (Å²) in [4.78, 5) is 36.0. The number of methoxy groups -OCH3 is 1. The minimum Gasteiger partial charge on any atom is -0.469 e. The summed E-state index contributed by atoms with van der Waals surface area (Å²) >= 11 is 0. The van der Waals surface area contributed by atoms with E-state index in [1.54, 1.807) is 13.0 Å². The number of hydrogen-bond donors (Lipinski definition) is 1. The molecule has 1 N–H and O–H groups in total. The van der Waals surface area contributed by atoms with E-state index in [0.29, 0.717) is 24.7 Å². The molecule has 8 heteroatoms. The van der Waals surface area contributed by atoms with Gasteiger partial charge < -0.3 is 15.0 Å². The first kappa shape index (κ1) is 21.6. The number of benzene rings is 1. The quantitative estimate of drug-likeness (QED) is 0.389. The van der Waals surface area contributed by atoms with Crippen LogP contribution in [0.4, 0.5) is 11.4 Å². The Morgan fingerprint density at radius 1 is 1.27 bits per heavy atom. The molecule has 144 valence electrons. The molecule has 1 aromatic carbocycles. The largest absolute Gasteiger partial charge is 0.469 e. The van der Waals surface area contributed by atoms with Gasteiger partial charge >= 0.3 is 5.97 Å². The van der Waals surface area contributed by atoms with Crippen molar-refractivity contribution in [2.75, 3.05) is 32.1 Å². The first-order chi connectivity index (χ1) is 12.2. The normalized spacial score (nSPS) is 10.8. The Morgan fingerprint density at radius 3 is 2.50 bits per heavy atom. The highest BCUT2D eigenvalue weighted by Gasteiger charge is 2.14. The molecule has 0 aliphatic rings. The number of nitrogens with zero attached hydrogens (tertiary/aromatic N) is 2. The lowest BCUT2D eigenvalue weighted by Gasteiger charge is -2.23. The summed E-state index contributed by atoms with van der Waals surface area (Å²) in [5.74, 6) is -0.106. The van der Waals surface area contributed by atoms with Crippen LogP contribution in [0.5, 0.6) is 0 Å². The van der Waals surface area contributed by atoms with E-state index in [4.69, 9.17) is 0 Å². The van der Waals surface area contributed by atoms with Gasteiger partial charge in [-0.2, -0.15) is 0 Å². The predicted octanol–water partition coefficient (Wildman–Crippen LogP) is 2.75. The maximum atomic E-state index is 12.2. The van der Waals surface area contributed by atoms with E-state index in [1.807, 2.05) is 4.90 Å². The first-order valence-electron chi connectivity index (χ1n) is 8.57. The maximum absolute atomic E-state index is 12.2. The van der Waals surface area contributed by atoms with E-state index in [0.717, 1.165) is 12.1 Å². The Balaban J connectivity index is 2.63. The van der Waals surface area contributed by atoms with Gasteiger partial charge in [-0.05, 0) is 18.4 Å². The summed E-state index contributed by atoms with van der Waals surface area (Å²) in [6, 6.07) is 4.37. The van der Waals surface area contributed by atoms with E-state index in [2.05, 4.69) is 23.9 Å². The van der Waals surface area contributed by atoms with E-state index < -0.39 is 4.92 Å². The van der Waals surface area contributed by atoms with E-state index in [-0.39, 0.29) is 30.4 Å². The van der Waals surface area contributed by atoms with Crippen molar-refractivity contribution in [1.82, 2.24) is 4.90 Å². The number of amides is 1. The molecule has 1 aromatic rings. The van der Waals surface area contributed by atoms with Crippen LogP contribution >= 0.6 is 0 Å². The minimum atomic E-state index is -0.494. The van der Waals surface area contributed by atoms with Gasteiger partial charge in [-0.25, -0.2) is 0 Å². The van der Waals surface area contributed by atoms with Crippen LogP contribution in [-0.4, -0.2) is 48.4 Å². The van der Waals surface area contributed by atoms with Crippen molar-refractivity contribution >= 4 is 23.3 Å². The fraction of sp³-hybridized carbons (Fsp3) is 0.556. The van der Waals surface area contributed by atoms with Gasteiger partial charge in [0.25, 0.3) is 5.69 Å². The van der Waals surface area contributed by atoms with Crippen molar-refractivity contribution in [2.45, 2.75) is 33.6 Å². The standard InChI is InChI=1S/C18H27N3O5/c1-13(2)12-20(10-8-18(23)26-4)9-7-17(22)19-16-11-15(21(24)25)6-5-14(16)3/h5-6,11,13H,7-10,12H2,1-4H3,(H,19,22). The molecule has 0 saturated heterocycles. The molecule has 0 atom stereocenters. The van der Waals surface area contributed by atoms with Crippen LogP contribution in [0.15, 0.2) is 18.2 Å². The molecule has 1 amide bonds. The van der Waals surface area contributed by atoms with Crippen LogP contribution in [0.1, 0.15) is 32.3 Å². The molecule has 8 nitrogen and oxygen atoms in total. The molecular formula is C18H27N3O5. The highest BCUT2D eigenvalue weighted by Crippen LogP contribution is 2.22. The summed E-state index contributed by atoms with van der Waals surface area (Å²) in [6.45, 7) is 7.69. The van der Waals surface area contributed by atoms with Crippen molar-refractivity contribution < 1.29 is 19.2 Å². The lowest BCUT2D eigenvalue weighted by Crippen LogP contribution is -2.33. The number of hydrogen-bond acceptors (Lipinski definition) is 6. The second-order valence-corrected chi connectivity index (χ2v) is 6.58. The molecule has 0 aliphatic heterocycles. The maximum Gasteiger partial charge on any atom is 0.306 e. The summed E-state index contributed by atoms with van der Waals surface area (Å²) in [5.41, 5.74) is 1.13. The molecule has 0 fully saturated rings. The fourth-order valence-corrected chi connectivity index (χ4v) is 2.49. The number of carbonyl (C=O) groups excluding carboxylic acids is 2. The summed E-state index contributed by atoms with van der Waals surface area (Å²) in [7, 11) is 1.35. The van der Waals surface area contributed by atoms with Gasteiger partial charge in [0.2, 0.25) is 5.91 Å². The molecule has 0 heterocycles. The van der Waals surface area contributed by atoms with Crippen LogP contribution in [-0.2, 0) is 14.3 Å². The average Bonchev–Trinajstić information content (AvgIpc) is 2.58. The van der Waals surface area contributed by atoms with E-state index in [1.165, 1.54) is 19.2 Å². The van der Waals surface area contributed by atoms with Gasteiger partial charge in [0.1, 0.15) is 0 Å².